The number of alkyl halides is 3. The molecule has 27 heavy (non-hydrogen) atoms. The lowest BCUT2D eigenvalue weighted by Gasteiger charge is -2.37. The van der Waals surface area contributed by atoms with Gasteiger partial charge in [0.1, 0.15) is 17.7 Å². The zero-order valence-electron chi connectivity index (χ0n) is 13.7. The average Bonchev–Trinajstić information content (AvgIpc) is 3.12. The van der Waals surface area contributed by atoms with Crippen molar-refractivity contribution < 1.29 is 22.4 Å². The maximum absolute atomic E-state index is 13.0. The lowest BCUT2D eigenvalue weighted by Crippen LogP contribution is -2.58. The minimum absolute atomic E-state index is 0.0301. The van der Waals surface area contributed by atoms with Crippen LogP contribution in [0.1, 0.15) is 17.0 Å². The second-order valence-electron chi connectivity index (χ2n) is 5.95. The summed E-state index contributed by atoms with van der Waals surface area (Å²) in [6.07, 6.45) is -1.86. The van der Waals surface area contributed by atoms with Gasteiger partial charge in [0.25, 0.3) is 0 Å². The highest BCUT2D eigenvalue weighted by molar-refractivity contribution is 6.08. The molecule has 1 atom stereocenters. The number of ether oxygens (including phenoxy) is 1. The highest BCUT2D eigenvalue weighted by atomic mass is 19.4. The third kappa shape index (κ3) is 3.36. The van der Waals surface area contributed by atoms with Gasteiger partial charge in [0.05, 0.1) is 31.0 Å². The molecule has 0 aromatic carbocycles. The third-order valence-corrected chi connectivity index (χ3v) is 3.96. The first-order valence-corrected chi connectivity index (χ1v) is 7.88. The monoisotopic (exact) mass is 381 g/mol. The summed E-state index contributed by atoms with van der Waals surface area (Å²) < 4.78 is 49.0. The van der Waals surface area contributed by atoms with Crippen LogP contribution in [0.2, 0.25) is 0 Å². The number of halogens is 3. The number of hydrogen-bond donors (Lipinski definition) is 3. The summed E-state index contributed by atoms with van der Waals surface area (Å²) in [5, 5.41) is 9.49. The Bertz CT molecular complexity index is 893. The van der Waals surface area contributed by atoms with Crippen LogP contribution in [0, 0.1) is 0 Å². The molecule has 0 spiro atoms. The molecule has 1 fully saturated rings. The highest BCUT2D eigenvalue weighted by Crippen LogP contribution is 2.30. The topological polar surface area (TPSA) is 123 Å². The predicted octanol–water partition coefficient (Wildman–Crippen LogP) is 0.552. The number of amidine groups is 1. The molecule has 4 rings (SSSR count). The van der Waals surface area contributed by atoms with Crippen LogP contribution >= 0.6 is 0 Å². The molecule has 2 aliphatic rings. The number of guanidine groups is 1. The summed E-state index contributed by atoms with van der Waals surface area (Å²) >= 11 is 0. The number of rotatable bonds is 4. The Morgan fingerprint density at radius 1 is 1.26 bits per heavy atom. The van der Waals surface area contributed by atoms with Crippen LogP contribution in [0.5, 0.6) is 0 Å². The van der Waals surface area contributed by atoms with Gasteiger partial charge in [-0.2, -0.15) is 13.2 Å². The fourth-order valence-electron chi connectivity index (χ4n) is 2.64. The van der Waals surface area contributed by atoms with E-state index in [1.54, 1.807) is 0 Å². The molecule has 0 saturated carbocycles. The molecule has 1 saturated heterocycles. The molecule has 2 aliphatic heterocycles. The second kappa shape index (κ2) is 6.32. The summed E-state index contributed by atoms with van der Waals surface area (Å²) in [7, 11) is 0. The SMILES string of the molecule is NC1=NC(NC2COC2)(c2cnoc2)N=C(c2cccc(C(F)(F)F)n2)N1. The maximum Gasteiger partial charge on any atom is 0.433 e. The van der Waals surface area contributed by atoms with E-state index in [2.05, 4.69) is 30.8 Å². The van der Waals surface area contributed by atoms with E-state index in [1.165, 1.54) is 24.6 Å². The van der Waals surface area contributed by atoms with Crippen LogP contribution in [0.15, 0.2) is 45.2 Å². The van der Waals surface area contributed by atoms with Crippen molar-refractivity contribution in [2.45, 2.75) is 18.0 Å². The molecule has 4 N–H and O–H groups in total. The molecular weight excluding hydrogens is 367 g/mol. The molecule has 12 heteroatoms. The average molecular weight is 381 g/mol. The van der Waals surface area contributed by atoms with E-state index in [9.17, 15) is 13.2 Å². The molecule has 9 nitrogen and oxygen atoms in total. The van der Waals surface area contributed by atoms with E-state index in [1.807, 2.05) is 0 Å². The number of pyridine rings is 1. The zero-order valence-corrected chi connectivity index (χ0v) is 13.7. The van der Waals surface area contributed by atoms with Crippen molar-refractivity contribution in [3.05, 3.63) is 47.6 Å². The Kier molecular flexibility index (Phi) is 4.08. The first kappa shape index (κ1) is 17.4. The van der Waals surface area contributed by atoms with E-state index in [4.69, 9.17) is 15.0 Å². The summed E-state index contributed by atoms with van der Waals surface area (Å²) in [6.45, 7) is 0.866. The van der Waals surface area contributed by atoms with E-state index in [0.717, 1.165) is 6.07 Å². The Labute approximate surface area is 150 Å². The predicted molar refractivity (Wildman–Crippen MR) is 86.5 cm³/mol. The van der Waals surface area contributed by atoms with Crippen molar-refractivity contribution in [3.8, 4) is 0 Å². The number of aliphatic imine (C=N–C) groups is 2. The van der Waals surface area contributed by atoms with Crippen LogP contribution in [-0.2, 0) is 16.7 Å². The molecule has 142 valence electrons. The summed E-state index contributed by atoms with van der Waals surface area (Å²) in [4.78, 5) is 12.4. The smallest absolute Gasteiger partial charge is 0.378 e. The van der Waals surface area contributed by atoms with Crippen molar-refractivity contribution in [1.29, 1.82) is 0 Å². The summed E-state index contributed by atoms with van der Waals surface area (Å²) in [6, 6.07) is 3.44. The van der Waals surface area contributed by atoms with Crippen molar-refractivity contribution >= 4 is 11.8 Å². The quantitative estimate of drug-likeness (QED) is 0.707. The van der Waals surface area contributed by atoms with Gasteiger partial charge in [-0.25, -0.2) is 15.0 Å². The molecule has 1 unspecified atom stereocenters. The number of hydrogen-bond acceptors (Lipinski definition) is 9. The van der Waals surface area contributed by atoms with E-state index < -0.39 is 17.7 Å². The van der Waals surface area contributed by atoms with Gasteiger partial charge >= 0.3 is 6.18 Å². The second-order valence-corrected chi connectivity index (χ2v) is 5.95. The molecular formula is C15H14F3N7O2. The van der Waals surface area contributed by atoms with Crippen LogP contribution in [0.25, 0.3) is 0 Å². The van der Waals surface area contributed by atoms with Crippen molar-refractivity contribution in [2.24, 2.45) is 15.7 Å². The van der Waals surface area contributed by atoms with Crippen molar-refractivity contribution in [3.63, 3.8) is 0 Å². The molecule has 2 aromatic rings. The Morgan fingerprint density at radius 3 is 2.70 bits per heavy atom. The molecule has 2 aromatic heterocycles. The molecule has 0 amide bonds. The molecule has 0 bridgehead atoms. The van der Waals surface area contributed by atoms with Gasteiger partial charge in [-0.05, 0) is 12.1 Å². The van der Waals surface area contributed by atoms with Crippen LogP contribution in [-0.4, -0.2) is 41.2 Å². The van der Waals surface area contributed by atoms with Gasteiger partial charge in [0, 0.05) is 0 Å². The fraction of sp³-hybridized carbons (Fsp3) is 0.333. The number of nitrogens with two attached hydrogens (primary N) is 1. The number of aromatic nitrogens is 2. The maximum atomic E-state index is 13.0. The van der Waals surface area contributed by atoms with Gasteiger partial charge in [0.15, 0.2) is 11.8 Å². The molecule has 4 heterocycles. The van der Waals surface area contributed by atoms with Gasteiger partial charge < -0.3 is 20.3 Å². The Morgan fingerprint density at radius 2 is 2.07 bits per heavy atom. The minimum atomic E-state index is -4.59. The third-order valence-electron chi connectivity index (χ3n) is 3.96. The largest absolute Gasteiger partial charge is 0.433 e. The van der Waals surface area contributed by atoms with E-state index in [0.29, 0.717) is 18.8 Å². The summed E-state index contributed by atoms with van der Waals surface area (Å²) in [5.74, 6) is -1.44. The van der Waals surface area contributed by atoms with Gasteiger partial charge in [-0.15, -0.1) is 0 Å². The van der Waals surface area contributed by atoms with Crippen LogP contribution < -0.4 is 16.4 Å². The van der Waals surface area contributed by atoms with E-state index in [-0.39, 0.29) is 23.5 Å². The molecule has 0 radical (unpaired) electrons. The lowest BCUT2D eigenvalue weighted by atomic mass is 10.1. The number of nitrogens with zero attached hydrogens (tertiary/aromatic N) is 4. The zero-order chi connectivity index (χ0) is 19.1. The number of nitrogens with one attached hydrogen (secondary N) is 2. The van der Waals surface area contributed by atoms with Crippen molar-refractivity contribution in [1.82, 2.24) is 20.8 Å². The minimum Gasteiger partial charge on any atom is -0.378 e. The normalized spacial score (nSPS) is 23.2. The first-order chi connectivity index (χ1) is 12.9. The highest BCUT2D eigenvalue weighted by Gasteiger charge is 2.41. The first-order valence-electron chi connectivity index (χ1n) is 7.88. The van der Waals surface area contributed by atoms with Gasteiger partial charge in [0.2, 0.25) is 5.79 Å². The standard InChI is InChI=1S/C15H14F3N7O2/c16-14(17,18)11-3-1-2-10(21-11)12-22-13(19)25-15(24-12,8-4-20-27-5-8)23-9-6-26-7-9/h1-5,9,23H,6-7H2,(H3,19,22,24,25). The van der Waals surface area contributed by atoms with Gasteiger partial charge in [-0.3, -0.25) is 5.32 Å². The Balaban J connectivity index is 1.78. The van der Waals surface area contributed by atoms with Crippen LogP contribution in [0.3, 0.4) is 0 Å². The van der Waals surface area contributed by atoms with Gasteiger partial charge in [-0.1, -0.05) is 11.2 Å². The fourth-order valence-corrected chi connectivity index (χ4v) is 2.64. The Hall–Kier alpha value is -2.99. The molecule has 0 aliphatic carbocycles. The lowest BCUT2D eigenvalue weighted by molar-refractivity contribution is -0.141. The summed E-state index contributed by atoms with van der Waals surface area (Å²) in [5.41, 5.74) is 5.25. The van der Waals surface area contributed by atoms with Crippen LogP contribution in [0.4, 0.5) is 13.2 Å². The van der Waals surface area contributed by atoms with Crippen molar-refractivity contribution in [2.75, 3.05) is 13.2 Å². The van der Waals surface area contributed by atoms with E-state index >= 15 is 0 Å².